The van der Waals surface area contributed by atoms with Gasteiger partial charge in [-0.1, -0.05) is 96.5 Å². The fourth-order valence-corrected chi connectivity index (χ4v) is 3.78. The molecule has 0 atom stereocenters. The van der Waals surface area contributed by atoms with E-state index in [0.717, 1.165) is 32.1 Å². The van der Waals surface area contributed by atoms with Gasteiger partial charge in [-0.25, -0.2) is 17.1 Å². The SMILES string of the molecule is C=CC(=O)OCCCCCCCCCCCCCCCCCC[Si](F)(F)F. The lowest BCUT2D eigenvalue weighted by Crippen LogP contribution is -2.13. The third-order valence-electron chi connectivity index (χ3n) is 4.77. The van der Waals surface area contributed by atoms with Crippen LogP contribution in [0.3, 0.4) is 0 Å². The summed E-state index contributed by atoms with van der Waals surface area (Å²) < 4.78 is 41.3. The largest absolute Gasteiger partial charge is 0.616 e. The molecule has 0 amide bonds. The fraction of sp³-hybridized carbons (Fsp3) is 0.857. The highest BCUT2D eigenvalue weighted by Crippen LogP contribution is 2.20. The molecule has 0 aliphatic rings. The molecule has 160 valence electrons. The zero-order valence-corrected chi connectivity index (χ0v) is 18.0. The van der Waals surface area contributed by atoms with Gasteiger partial charge in [-0.2, -0.15) is 0 Å². The van der Waals surface area contributed by atoms with E-state index < -0.39 is 15.1 Å². The lowest BCUT2D eigenvalue weighted by molar-refractivity contribution is -0.137. The second-order valence-electron chi connectivity index (χ2n) is 7.39. The molecule has 0 fully saturated rings. The molecule has 0 rings (SSSR count). The minimum atomic E-state index is -5.29. The number of esters is 1. The molecule has 0 aliphatic heterocycles. The molecule has 0 spiro atoms. The Morgan fingerprint density at radius 2 is 1.00 bits per heavy atom. The van der Waals surface area contributed by atoms with E-state index in [4.69, 9.17) is 4.74 Å². The van der Waals surface area contributed by atoms with Crippen LogP contribution in [0, 0.1) is 0 Å². The Hall–Kier alpha value is -0.783. The third kappa shape index (κ3) is 23.2. The Morgan fingerprint density at radius 1 is 0.667 bits per heavy atom. The van der Waals surface area contributed by atoms with Crippen molar-refractivity contribution in [3.8, 4) is 0 Å². The number of hydrogen-bond donors (Lipinski definition) is 0. The number of carbonyl (C=O) groups excluding carboxylic acids is 1. The van der Waals surface area contributed by atoms with Gasteiger partial charge < -0.3 is 4.74 Å². The standard InChI is InChI=1S/C21H39F3O2Si/c1-2-21(25)26-19-17-15-13-11-9-7-5-3-4-6-8-10-12-14-16-18-20-27(22,23)24/h2H,1,3-20H2. The average Bonchev–Trinajstić information content (AvgIpc) is 2.62. The van der Waals surface area contributed by atoms with Crippen LogP contribution < -0.4 is 0 Å². The van der Waals surface area contributed by atoms with Crippen LogP contribution in [0.2, 0.25) is 6.04 Å². The van der Waals surface area contributed by atoms with Crippen molar-refractivity contribution in [3.63, 3.8) is 0 Å². The maximum atomic E-state index is 12.1. The molecule has 2 nitrogen and oxygen atoms in total. The molecule has 0 N–H and O–H groups in total. The van der Waals surface area contributed by atoms with Crippen molar-refractivity contribution in [1.82, 2.24) is 0 Å². The predicted octanol–water partition coefficient (Wildman–Crippen LogP) is 7.80. The first-order chi connectivity index (χ1) is 13.0. The minimum absolute atomic E-state index is 0.336. The molecule has 0 aromatic rings. The maximum absolute atomic E-state index is 12.1. The highest BCUT2D eigenvalue weighted by atomic mass is 28.5. The molecular weight excluding hydrogens is 369 g/mol. The first-order valence-corrected chi connectivity index (χ1v) is 12.7. The third-order valence-corrected chi connectivity index (χ3v) is 5.69. The molecular formula is C21H39F3O2Si. The highest BCUT2D eigenvalue weighted by Gasteiger charge is 2.35. The summed E-state index contributed by atoms with van der Waals surface area (Å²) >= 11 is 0. The van der Waals surface area contributed by atoms with E-state index in [2.05, 4.69) is 6.58 Å². The summed E-state index contributed by atoms with van der Waals surface area (Å²) in [4.78, 5) is 10.8. The van der Waals surface area contributed by atoms with Crippen LogP contribution in [0.5, 0.6) is 0 Å². The summed E-state index contributed by atoms with van der Waals surface area (Å²) in [6.45, 7) is 3.86. The topological polar surface area (TPSA) is 26.3 Å². The van der Waals surface area contributed by atoms with Gasteiger partial charge in [-0.05, 0) is 12.8 Å². The van der Waals surface area contributed by atoms with E-state index in [1.54, 1.807) is 0 Å². The minimum Gasteiger partial charge on any atom is -0.463 e. The van der Waals surface area contributed by atoms with Crippen LogP contribution >= 0.6 is 0 Å². The van der Waals surface area contributed by atoms with Crippen molar-refractivity contribution in [1.29, 1.82) is 0 Å². The summed E-state index contributed by atoms with van der Waals surface area (Å²) in [6.07, 6.45) is 19.0. The van der Waals surface area contributed by atoms with E-state index in [1.807, 2.05) is 0 Å². The number of halogens is 3. The van der Waals surface area contributed by atoms with Gasteiger partial charge in [0.05, 0.1) is 6.61 Å². The van der Waals surface area contributed by atoms with Crippen molar-refractivity contribution in [2.24, 2.45) is 0 Å². The first-order valence-electron chi connectivity index (χ1n) is 10.8. The smallest absolute Gasteiger partial charge is 0.463 e. The average molecular weight is 409 g/mol. The zero-order valence-electron chi connectivity index (χ0n) is 17.0. The number of hydrogen-bond acceptors (Lipinski definition) is 2. The molecule has 0 heterocycles. The molecule has 0 aliphatic carbocycles. The van der Waals surface area contributed by atoms with Gasteiger partial charge in [0.15, 0.2) is 0 Å². The van der Waals surface area contributed by atoms with Gasteiger partial charge in [-0.3, -0.25) is 0 Å². The van der Waals surface area contributed by atoms with Gasteiger partial charge in [0.1, 0.15) is 0 Å². The van der Waals surface area contributed by atoms with E-state index in [9.17, 15) is 17.1 Å². The quantitative estimate of drug-likeness (QED) is 0.0675. The molecule has 27 heavy (non-hydrogen) atoms. The molecule has 0 bridgehead atoms. The molecule has 0 saturated heterocycles. The van der Waals surface area contributed by atoms with Crippen molar-refractivity contribution in [2.45, 2.75) is 109 Å². The van der Waals surface area contributed by atoms with Crippen molar-refractivity contribution < 1.29 is 21.9 Å². The van der Waals surface area contributed by atoms with Crippen LogP contribution in [-0.2, 0) is 9.53 Å². The van der Waals surface area contributed by atoms with Crippen LogP contribution in [0.25, 0.3) is 0 Å². The Labute approximate surface area is 165 Å². The Kier molecular flexibility index (Phi) is 18.0. The summed E-state index contributed by atoms with van der Waals surface area (Å²) in [5.74, 6) is -0.336. The van der Waals surface area contributed by atoms with Crippen LogP contribution in [-0.4, -0.2) is 21.7 Å². The van der Waals surface area contributed by atoms with Crippen LogP contribution in [0.15, 0.2) is 12.7 Å². The molecule has 0 aromatic heterocycles. The van der Waals surface area contributed by atoms with Crippen molar-refractivity contribution in [2.75, 3.05) is 6.61 Å². The van der Waals surface area contributed by atoms with E-state index in [0.29, 0.717) is 13.0 Å². The van der Waals surface area contributed by atoms with Gasteiger partial charge in [0.2, 0.25) is 0 Å². The predicted molar refractivity (Wildman–Crippen MR) is 109 cm³/mol. The maximum Gasteiger partial charge on any atom is 0.616 e. The first kappa shape index (κ1) is 26.2. The Morgan fingerprint density at radius 3 is 1.33 bits per heavy atom. The lowest BCUT2D eigenvalue weighted by atomic mass is 10.0. The fourth-order valence-electron chi connectivity index (χ4n) is 3.13. The number of ether oxygens (including phenoxy) is 1. The van der Waals surface area contributed by atoms with Gasteiger partial charge in [0, 0.05) is 12.1 Å². The van der Waals surface area contributed by atoms with E-state index >= 15 is 0 Å². The Balaban J connectivity index is 3.07. The van der Waals surface area contributed by atoms with Gasteiger partial charge in [-0.15, -0.1) is 0 Å². The van der Waals surface area contributed by atoms with Gasteiger partial charge >= 0.3 is 15.0 Å². The lowest BCUT2D eigenvalue weighted by Gasteiger charge is -2.04. The summed E-state index contributed by atoms with van der Waals surface area (Å²) in [7, 11) is -5.29. The number of unbranched alkanes of at least 4 members (excludes halogenated alkanes) is 15. The Bertz CT molecular complexity index is 360. The second-order valence-corrected chi connectivity index (χ2v) is 9.12. The highest BCUT2D eigenvalue weighted by molar-refractivity contribution is 6.58. The summed E-state index contributed by atoms with van der Waals surface area (Å²) in [5, 5.41) is 0. The summed E-state index contributed by atoms with van der Waals surface area (Å²) in [6, 6.07) is -0.488. The number of carbonyl (C=O) groups is 1. The van der Waals surface area contributed by atoms with Crippen LogP contribution in [0.1, 0.15) is 103 Å². The molecule has 0 aromatic carbocycles. The molecule has 0 saturated carbocycles. The van der Waals surface area contributed by atoms with Crippen molar-refractivity contribution >= 4 is 15.0 Å². The van der Waals surface area contributed by atoms with Crippen molar-refractivity contribution in [3.05, 3.63) is 12.7 Å². The molecule has 0 unspecified atom stereocenters. The normalized spacial score (nSPS) is 11.5. The second kappa shape index (κ2) is 18.6. The van der Waals surface area contributed by atoms with E-state index in [1.165, 1.54) is 70.3 Å². The molecule has 6 heteroatoms. The zero-order chi connectivity index (χ0) is 20.2. The van der Waals surface area contributed by atoms with Crippen LogP contribution in [0.4, 0.5) is 12.3 Å². The van der Waals surface area contributed by atoms with Gasteiger partial charge in [0.25, 0.3) is 0 Å². The monoisotopic (exact) mass is 408 g/mol. The molecule has 0 radical (unpaired) electrons. The number of rotatable bonds is 20. The van der Waals surface area contributed by atoms with E-state index in [-0.39, 0.29) is 5.97 Å². The summed E-state index contributed by atoms with van der Waals surface area (Å²) in [5.41, 5.74) is 0.